The van der Waals surface area contributed by atoms with Crippen molar-refractivity contribution >= 4 is 0 Å². The van der Waals surface area contributed by atoms with Crippen molar-refractivity contribution in [2.75, 3.05) is 26.2 Å². The van der Waals surface area contributed by atoms with Crippen molar-refractivity contribution in [3.05, 3.63) is 35.4 Å². The van der Waals surface area contributed by atoms with E-state index in [1.54, 1.807) is 0 Å². The first-order valence-corrected chi connectivity index (χ1v) is 7.76. The van der Waals surface area contributed by atoms with Gasteiger partial charge in [0, 0.05) is 13.1 Å². The minimum atomic E-state index is 0.838. The summed E-state index contributed by atoms with van der Waals surface area (Å²) in [5.74, 6) is 0.838. The summed E-state index contributed by atoms with van der Waals surface area (Å²) >= 11 is 0. The van der Waals surface area contributed by atoms with Gasteiger partial charge in [-0.05, 0) is 57.3 Å². The van der Waals surface area contributed by atoms with Gasteiger partial charge in [-0.1, -0.05) is 36.8 Å². The molecule has 2 rings (SSSR count). The topological polar surface area (TPSA) is 15.3 Å². The maximum Gasteiger partial charge on any atom is 0.0233 e. The van der Waals surface area contributed by atoms with Crippen molar-refractivity contribution in [1.29, 1.82) is 0 Å². The molecule has 0 bridgehead atoms. The van der Waals surface area contributed by atoms with Gasteiger partial charge in [0.05, 0.1) is 0 Å². The number of piperidine rings is 1. The molecule has 0 radical (unpaired) electrons. The lowest BCUT2D eigenvalue weighted by Gasteiger charge is -2.33. The van der Waals surface area contributed by atoms with E-state index in [9.17, 15) is 0 Å². The van der Waals surface area contributed by atoms with Gasteiger partial charge in [-0.2, -0.15) is 0 Å². The number of aryl methyl sites for hydroxylation is 1. The third-order valence-corrected chi connectivity index (χ3v) is 3.95. The molecule has 0 spiro atoms. The van der Waals surface area contributed by atoms with Crippen molar-refractivity contribution in [2.24, 2.45) is 5.92 Å². The maximum atomic E-state index is 3.57. The van der Waals surface area contributed by atoms with Gasteiger partial charge < -0.3 is 5.32 Å². The van der Waals surface area contributed by atoms with E-state index in [4.69, 9.17) is 0 Å². The highest BCUT2D eigenvalue weighted by atomic mass is 15.1. The first kappa shape index (κ1) is 14.5. The van der Waals surface area contributed by atoms with E-state index in [2.05, 4.69) is 48.3 Å². The Morgan fingerprint density at radius 2 is 2.26 bits per heavy atom. The van der Waals surface area contributed by atoms with E-state index in [1.807, 2.05) is 0 Å². The van der Waals surface area contributed by atoms with Crippen molar-refractivity contribution < 1.29 is 0 Å². The van der Waals surface area contributed by atoms with E-state index in [0.717, 1.165) is 19.0 Å². The smallest absolute Gasteiger partial charge is 0.0233 e. The molecule has 0 aromatic heterocycles. The maximum absolute atomic E-state index is 3.57. The number of benzene rings is 1. The molecule has 1 saturated heterocycles. The number of nitrogens with zero attached hydrogens (tertiary/aromatic N) is 1. The Kier molecular flexibility index (Phi) is 5.87. The van der Waals surface area contributed by atoms with Crippen LogP contribution in [0.15, 0.2) is 24.3 Å². The van der Waals surface area contributed by atoms with Crippen LogP contribution in [0.3, 0.4) is 0 Å². The lowest BCUT2D eigenvalue weighted by Crippen LogP contribution is -2.39. The summed E-state index contributed by atoms with van der Waals surface area (Å²) in [7, 11) is 0. The molecular weight excluding hydrogens is 232 g/mol. The summed E-state index contributed by atoms with van der Waals surface area (Å²) in [6.07, 6.45) is 3.98. The molecule has 0 amide bonds. The van der Waals surface area contributed by atoms with Crippen LogP contribution < -0.4 is 5.32 Å². The van der Waals surface area contributed by atoms with Gasteiger partial charge in [-0.3, -0.25) is 4.90 Å². The van der Waals surface area contributed by atoms with Gasteiger partial charge in [0.1, 0.15) is 0 Å². The number of likely N-dealkylation sites (tertiary alicyclic amines) is 1. The van der Waals surface area contributed by atoms with Crippen LogP contribution in [-0.4, -0.2) is 31.1 Å². The first-order chi connectivity index (χ1) is 9.28. The minimum absolute atomic E-state index is 0.838. The largest absolute Gasteiger partial charge is 0.316 e. The van der Waals surface area contributed by atoms with E-state index in [0.29, 0.717) is 0 Å². The quantitative estimate of drug-likeness (QED) is 0.790. The van der Waals surface area contributed by atoms with Gasteiger partial charge in [0.2, 0.25) is 0 Å². The van der Waals surface area contributed by atoms with E-state index < -0.39 is 0 Å². The molecular formula is C17H28N2. The number of rotatable bonds is 6. The Labute approximate surface area is 118 Å². The van der Waals surface area contributed by atoms with Crippen LogP contribution in [0, 0.1) is 12.8 Å². The molecule has 19 heavy (non-hydrogen) atoms. The Bertz CT molecular complexity index is 375. The fourth-order valence-electron chi connectivity index (χ4n) is 3.01. The Morgan fingerprint density at radius 1 is 1.37 bits per heavy atom. The summed E-state index contributed by atoms with van der Waals surface area (Å²) in [4.78, 5) is 2.62. The lowest BCUT2D eigenvalue weighted by atomic mass is 9.97. The highest BCUT2D eigenvalue weighted by molar-refractivity contribution is 5.22. The highest BCUT2D eigenvalue weighted by Gasteiger charge is 2.19. The van der Waals surface area contributed by atoms with Crippen LogP contribution >= 0.6 is 0 Å². The summed E-state index contributed by atoms with van der Waals surface area (Å²) in [5.41, 5.74) is 2.83. The Hall–Kier alpha value is -0.860. The van der Waals surface area contributed by atoms with Crippen LogP contribution in [0.1, 0.15) is 37.3 Å². The summed E-state index contributed by atoms with van der Waals surface area (Å²) in [6.45, 7) is 10.4. The van der Waals surface area contributed by atoms with Crippen molar-refractivity contribution in [1.82, 2.24) is 10.2 Å². The van der Waals surface area contributed by atoms with E-state index >= 15 is 0 Å². The second-order valence-corrected chi connectivity index (χ2v) is 5.94. The summed E-state index contributed by atoms with van der Waals surface area (Å²) in [5, 5.41) is 3.57. The van der Waals surface area contributed by atoms with Gasteiger partial charge >= 0.3 is 0 Å². The zero-order valence-electron chi connectivity index (χ0n) is 12.5. The van der Waals surface area contributed by atoms with Gasteiger partial charge in [0.25, 0.3) is 0 Å². The van der Waals surface area contributed by atoms with Crippen LogP contribution in [0.5, 0.6) is 0 Å². The van der Waals surface area contributed by atoms with E-state index in [-0.39, 0.29) is 0 Å². The van der Waals surface area contributed by atoms with Gasteiger partial charge in [0.15, 0.2) is 0 Å². The molecule has 1 aliphatic heterocycles. The van der Waals surface area contributed by atoms with Crippen LogP contribution in [0.25, 0.3) is 0 Å². The zero-order chi connectivity index (χ0) is 13.5. The monoisotopic (exact) mass is 260 g/mol. The van der Waals surface area contributed by atoms with Crippen molar-refractivity contribution in [2.45, 2.75) is 39.7 Å². The molecule has 0 aliphatic carbocycles. The molecule has 2 nitrogen and oxygen atoms in total. The summed E-state index contributed by atoms with van der Waals surface area (Å²) in [6, 6.07) is 8.93. The fraction of sp³-hybridized carbons (Fsp3) is 0.647. The molecule has 0 saturated carbocycles. The highest BCUT2D eigenvalue weighted by Crippen LogP contribution is 2.18. The molecule has 2 heteroatoms. The lowest BCUT2D eigenvalue weighted by molar-refractivity contribution is 0.165. The minimum Gasteiger partial charge on any atom is -0.316 e. The molecule has 1 atom stereocenters. The predicted octanol–water partition coefficient (Wildman–Crippen LogP) is 3.21. The van der Waals surface area contributed by atoms with E-state index in [1.165, 1.54) is 50.0 Å². The third kappa shape index (κ3) is 4.96. The SMILES string of the molecule is CCCNCC1CCCN(Cc2cccc(C)c2)C1. The average molecular weight is 260 g/mol. The van der Waals surface area contributed by atoms with Gasteiger partial charge in [-0.15, -0.1) is 0 Å². The second kappa shape index (κ2) is 7.66. The number of hydrogen-bond donors (Lipinski definition) is 1. The van der Waals surface area contributed by atoms with Crippen molar-refractivity contribution in [3.63, 3.8) is 0 Å². The molecule has 1 aromatic rings. The molecule has 106 valence electrons. The Balaban J connectivity index is 1.80. The van der Waals surface area contributed by atoms with Crippen LogP contribution in [-0.2, 0) is 6.54 Å². The first-order valence-electron chi connectivity index (χ1n) is 7.76. The van der Waals surface area contributed by atoms with Crippen molar-refractivity contribution in [3.8, 4) is 0 Å². The molecule has 1 unspecified atom stereocenters. The predicted molar refractivity (Wildman–Crippen MR) is 82.3 cm³/mol. The standard InChI is InChI=1S/C17H28N2/c1-3-9-18-12-17-8-5-10-19(14-17)13-16-7-4-6-15(2)11-16/h4,6-7,11,17-18H,3,5,8-10,12-14H2,1-2H3. The molecule has 1 N–H and O–H groups in total. The third-order valence-electron chi connectivity index (χ3n) is 3.95. The molecule has 1 aromatic carbocycles. The fourth-order valence-corrected chi connectivity index (χ4v) is 3.01. The normalized spacial score (nSPS) is 20.6. The molecule has 1 fully saturated rings. The van der Waals surface area contributed by atoms with Crippen LogP contribution in [0.2, 0.25) is 0 Å². The average Bonchev–Trinajstić information content (AvgIpc) is 2.39. The zero-order valence-corrected chi connectivity index (χ0v) is 12.5. The van der Waals surface area contributed by atoms with Crippen LogP contribution in [0.4, 0.5) is 0 Å². The molecule has 1 heterocycles. The second-order valence-electron chi connectivity index (χ2n) is 5.94. The van der Waals surface area contributed by atoms with Gasteiger partial charge in [-0.25, -0.2) is 0 Å². The number of nitrogens with one attached hydrogen (secondary N) is 1. The summed E-state index contributed by atoms with van der Waals surface area (Å²) < 4.78 is 0. The Morgan fingerprint density at radius 3 is 3.05 bits per heavy atom. The number of hydrogen-bond acceptors (Lipinski definition) is 2. The molecule has 1 aliphatic rings.